The van der Waals surface area contributed by atoms with Crippen molar-refractivity contribution < 1.29 is 8.85 Å². The molecule has 3 heteroatoms. The van der Waals surface area contributed by atoms with E-state index in [0.717, 1.165) is 34.4 Å². The van der Waals surface area contributed by atoms with Gasteiger partial charge in [-0.25, -0.2) is 0 Å². The molecule has 0 radical (unpaired) electrons. The van der Waals surface area contributed by atoms with Gasteiger partial charge in [-0.05, 0) is 37.1 Å². The first-order chi connectivity index (χ1) is 12.0. The lowest BCUT2D eigenvalue weighted by molar-refractivity contribution is 0.195. The quantitative estimate of drug-likeness (QED) is 0.471. The van der Waals surface area contributed by atoms with E-state index in [2.05, 4.69) is 37.4 Å². The van der Waals surface area contributed by atoms with Crippen molar-refractivity contribution in [3.8, 4) is 0 Å². The first kappa shape index (κ1) is 19.4. The van der Waals surface area contributed by atoms with Gasteiger partial charge in [0.1, 0.15) is 0 Å². The zero-order chi connectivity index (χ0) is 18.1. The van der Waals surface area contributed by atoms with Crippen molar-refractivity contribution >= 4 is 18.9 Å². The van der Waals surface area contributed by atoms with E-state index in [9.17, 15) is 0 Å². The zero-order valence-corrected chi connectivity index (χ0v) is 16.3. The molecule has 2 rings (SSSR count). The molecule has 0 aliphatic carbocycles. The van der Waals surface area contributed by atoms with Crippen LogP contribution in [-0.2, 0) is 8.85 Å². The van der Waals surface area contributed by atoms with Gasteiger partial charge in [-0.2, -0.15) is 0 Å². The van der Waals surface area contributed by atoms with E-state index in [1.807, 2.05) is 50.2 Å². The van der Waals surface area contributed by atoms with Crippen LogP contribution in [0.5, 0.6) is 0 Å². The van der Waals surface area contributed by atoms with Gasteiger partial charge in [-0.1, -0.05) is 71.8 Å². The van der Waals surface area contributed by atoms with Crippen LogP contribution in [0, 0.1) is 0 Å². The van der Waals surface area contributed by atoms with Crippen LogP contribution in [-0.4, -0.2) is 21.8 Å². The fourth-order valence-corrected chi connectivity index (χ4v) is 5.72. The third-order valence-corrected chi connectivity index (χ3v) is 7.38. The Bertz CT molecular complexity index is 618. The SMILES string of the molecule is C=C(C)CCO[Si](OCCC(=C)C)(c1ccccc1)c1ccccc1. The minimum atomic E-state index is -2.76. The second-order valence-electron chi connectivity index (χ2n) is 6.46. The highest BCUT2D eigenvalue weighted by molar-refractivity contribution is 6.92. The van der Waals surface area contributed by atoms with Gasteiger partial charge in [-0.15, -0.1) is 13.2 Å². The summed E-state index contributed by atoms with van der Waals surface area (Å²) in [6, 6.07) is 20.7. The summed E-state index contributed by atoms with van der Waals surface area (Å²) in [5, 5.41) is 2.26. The van der Waals surface area contributed by atoms with Crippen LogP contribution < -0.4 is 10.4 Å². The molecule has 0 aromatic heterocycles. The average molecular weight is 353 g/mol. The van der Waals surface area contributed by atoms with Gasteiger partial charge in [-0.3, -0.25) is 0 Å². The van der Waals surface area contributed by atoms with Crippen LogP contribution in [0.1, 0.15) is 26.7 Å². The number of hydrogen-bond acceptors (Lipinski definition) is 2. The molecule has 0 N–H and O–H groups in total. The van der Waals surface area contributed by atoms with Crippen molar-refractivity contribution in [1.29, 1.82) is 0 Å². The monoisotopic (exact) mass is 352 g/mol. The lowest BCUT2D eigenvalue weighted by Crippen LogP contribution is -2.63. The molecule has 0 spiro atoms. The summed E-state index contributed by atoms with van der Waals surface area (Å²) in [5.74, 6) is 0. The van der Waals surface area contributed by atoms with Gasteiger partial charge in [0.25, 0.3) is 0 Å². The lowest BCUT2D eigenvalue weighted by Gasteiger charge is -2.31. The third-order valence-electron chi connectivity index (χ3n) is 3.98. The van der Waals surface area contributed by atoms with Gasteiger partial charge in [0.15, 0.2) is 0 Å². The Labute approximate surface area is 153 Å². The van der Waals surface area contributed by atoms with Gasteiger partial charge in [0, 0.05) is 13.2 Å². The van der Waals surface area contributed by atoms with Gasteiger partial charge in [0.05, 0.1) is 0 Å². The summed E-state index contributed by atoms with van der Waals surface area (Å²) in [6.45, 7) is 13.3. The maximum Gasteiger partial charge on any atom is 0.407 e. The van der Waals surface area contributed by atoms with E-state index >= 15 is 0 Å². The fraction of sp³-hybridized carbons (Fsp3) is 0.273. The molecule has 0 saturated carbocycles. The fourth-order valence-electron chi connectivity index (χ4n) is 2.59. The predicted octanol–water partition coefficient (Wildman–Crippen LogP) is 4.21. The van der Waals surface area contributed by atoms with E-state index < -0.39 is 8.56 Å². The van der Waals surface area contributed by atoms with Crippen LogP contribution in [0.4, 0.5) is 0 Å². The standard InChI is InChI=1S/C22H28O2Si/c1-19(2)15-17-23-25(24-18-16-20(3)4,21-11-7-5-8-12-21)22-13-9-6-10-14-22/h5-14H,1,3,15-18H2,2,4H3. The van der Waals surface area contributed by atoms with Crippen molar-refractivity contribution in [3.63, 3.8) is 0 Å². The number of benzene rings is 2. The van der Waals surface area contributed by atoms with E-state index in [-0.39, 0.29) is 0 Å². The largest absolute Gasteiger partial charge is 0.407 e. The highest BCUT2D eigenvalue weighted by atomic mass is 28.4. The maximum atomic E-state index is 6.52. The molecular weight excluding hydrogens is 324 g/mol. The van der Waals surface area contributed by atoms with Crippen LogP contribution in [0.25, 0.3) is 0 Å². The van der Waals surface area contributed by atoms with Crippen molar-refractivity contribution in [3.05, 3.63) is 85.0 Å². The zero-order valence-electron chi connectivity index (χ0n) is 15.3. The molecular formula is C22H28O2Si. The Morgan fingerprint density at radius 2 is 1.08 bits per heavy atom. The molecule has 2 aromatic carbocycles. The Morgan fingerprint density at radius 3 is 1.40 bits per heavy atom. The highest BCUT2D eigenvalue weighted by Crippen LogP contribution is 2.13. The highest BCUT2D eigenvalue weighted by Gasteiger charge is 2.42. The van der Waals surface area contributed by atoms with Crippen molar-refractivity contribution in [1.82, 2.24) is 0 Å². The van der Waals surface area contributed by atoms with Gasteiger partial charge >= 0.3 is 8.56 Å². The van der Waals surface area contributed by atoms with Crippen molar-refractivity contribution in [2.75, 3.05) is 13.2 Å². The van der Waals surface area contributed by atoms with Crippen molar-refractivity contribution in [2.45, 2.75) is 26.7 Å². The average Bonchev–Trinajstić information content (AvgIpc) is 2.61. The molecule has 0 saturated heterocycles. The summed E-state index contributed by atoms with van der Waals surface area (Å²) in [4.78, 5) is 0. The van der Waals surface area contributed by atoms with E-state index in [4.69, 9.17) is 8.85 Å². The molecule has 25 heavy (non-hydrogen) atoms. The molecule has 0 fully saturated rings. The molecule has 0 heterocycles. The molecule has 0 bridgehead atoms. The normalized spacial score (nSPS) is 11.3. The first-order valence-corrected chi connectivity index (χ1v) is 10.5. The summed E-state index contributed by atoms with van der Waals surface area (Å²) < 4.78 is 13.0. The van der Waals surface area contributed by atoms with E-state index in [0.29, 0.717) is 13.2 Å². The Balaban J connectivity index is 2.40. The predicted molar refractivity (Wildman–Crippen MR) is 109 cm³/mol. The van der Waals surface area contributed by atoms with Crippen LogP contribution in [0.2, 0.25) is 0 Å². The summed E-state index contributed by atoms with van der Waals surface area (Å²) in [5.41, 5.74) is 2.23. The summed E-state index contributed by atoms with van der Waals surface area (Å²) in [7, 11) is -2.76. The Hall–Kier alpha value is -1.94. The van der Waals surface area contributed by atoms with Crippen molar-refractivity contribution in [2.24, 2.45) is 0 Å². The molecule has 0 aliphatic heterocycles. The van der Waals surface area contributed by atoms with E-state index in [1.54, 1.807) is 0 Å². The molecule has 0 aliphatic rings. The summed E-state index contributed by atoms with van der Waals surface area (Å²) >= 11 is 0. The Morgan fingerprint density at radius 1 is 0.720 bits per heavy atom. The van der Waals surface area contributed by atoms with Gasteiger partial charge < -0.3 is 8.85 Å². The minimum Gasteiger partial charge on any atom is -0.387 e. The molecule has 0 amide bonds. The topological polar surface area (TPSA) is 18.5 Å². The molecule has 2 nitrogen and oxygen atoms in total. The summed E-state index contributed by atoms with van der Waals surface area (Å²) in [6.07, 6.45) is 1.66. The first-order valence-electron chi connectivity index (χ1n) is 8.72. The Kier molecular flexibility index (Phi) is 7.38. The van der Waals surface area contributed by atoms with Crippen LogP contribution >= 0.6 is 0 Å². The lowest BCUT2D eigenvalue weighted by atomic mass is 10.3. The molecule has 0 atom stereocenters. The smallest absolute Gasteiger partial charge is 0.387 e. The number of rotatable bonds is 10. The third kappa shape index (κ3) is 5.53. The molecule has 0 unspecified atom stereocenters. The van der Waals surface area contributed by atoms with Gasteiger partial charge in [0.2, 0.25) is 0 Å². The van der Waals surface area contributed by atoms with E-state index in [1.165, 1.54) is 0 Å². The molecule has 2 aromatic rings. The van der Waals surface area contributed by atoms with Crippen LogP contribution in [0.15, 0.2) is 85.0 Å². The van der Waals surface area contributed by atoms with Crippen LogP contribution in [0.3, 0.4) is 0 Å². The number of hydrogen-bond donors (Lipinski definition) is 0. The second-order valence-corrected chi connectivity index (χ2v) is 9.42. The maximum absolute atomic E-state index is 6.52. The second kappa shape index (κ2) is 9.52. The minimum absolute atomic E-state index is 0.610. The molecule has 132 valence electrons.